The average Bonchev–Trinajstić information content (AvgIpc) is 2.48. The number of para-hydroxylation sites is 1. The van der Waals surface area contributed by atoms with Crippen LogP contribution < -0.4 is 5.32 Å². The van der Waals surface area contributed by atoms with Gasteiger partial charge in [0.1, 0.15) is 0 Å². The van der Waals surface area contributed by atoms with E-state index in [0.29, 0.717) is 11.3 Å². The summed E-state index contributed by atoms with van der Waals surface area (Å²) < 4.78 is 0. The number of ketones is 1. The van der Waals surface area contributed by atoms with E-state index < -0.39 is 11.7 Å². The number of amides is 1. The molecular weight excluding hydrogens is 238 g/mol. The van der Waals surface area contributed by atoms with Gasteiger partial charge >= 0.3 is 0 Å². The molecule has 2 aromatic rings. The van der Waals surface area contributed by atoms with Crippen LogP contribution in [0.25, 0.3) is 0 Å². The first-order chi connectivity index (χ1) is 9.22. The summed E-state index contributed by atoms with van der Waals surface area (Å²) in [5, 5.41) is 2.67. The predicted octanol–water partition coefficient (Wildman–Crippen LogP) is 3.07. The third-order valence-electron chi connectivity index (χ3n) is 2.89. The predicted molar refractivity (Wildman–Crippen MR) is 75.2 cm³/mol. The fourth-order valence-electron chi connectivity index (χ4n) is 1.85. The highest BCUT2D eigenvalue weighted by atomic mass is 16.2. The molecule has 0 atom stereocenters. The van der Waals surface area contributed by atoms with Crippen molar-refractivity contribution in [3.8, 4) is 0 Å². The first kappa shape index (κ1) is 13.0. The molecule has 0 fully saturated rings. The lowest BCUT2D eigenvalue weighted by Gasteiger charge is -2.08. The van der Waals surface area contributed by atoms with Crippen LogP contribution >= 0.6 is 0 Å². The Bertz CT molecular complexity index is 591. The lowest BCUT2D eigenvalue weighted by Crippen LogP contribution is -2.23. The van der Waals surface area contributed by atoms with Crippen molar-refractivity contribution < 1.29 is 9.59 Å². The Hall–Kier alpha value is -2.42. The zero-order valence-corrected chi connectivity index (χ0v) is 10.7. The lowest BCUT2D eigenvalue weighted by atomic mass is 10.1. The zero-order valence-electron chi connectivity index (χ0n) is 10.7. The molecule has 1 amide bonds. The molecule has 0 bridgehead atoms. The van der Waals surface area contributed by atoms with Crippen LogP contribution in [0.4, 0.5) is 5.69 Å². The highest BCUT2D eigenvalue weighted by Crippen LogP contribution is 2.15. The van der Waals surface area contributed by atoms with E-state index in [9.17, 15) is 9.59 Å². The molecule has 0 aliphatic heterocycles. The second-order valence-corrected chi connectivity index (χ2v) is 4.16. The normalized spacial score (nSPS) is 9.95. The van der Waals surface area contributed by atoms with Crippen LogP contribution in [-0.4, -0.2) is 11.7 Å². The molecule has 3 heteroatoms. The smallest absolute Gasteiger partial charge is 0.296 e. The SMILES string of the molecule is CCc1ccccc1NC(=O)C(=O)c1ccccc1. The summed E-state index contributed by atoms with van der Waals surface area (Å²) in [4.78, 5) is 23.9. The molecule has 19 heavy (non-hydrogen) atoms. The third-order valence-corrected chi connectivity index (χ3v) is 2.89. The van der Waals surface area contributed by atoms with Crippen LogP contribution in [0, 0.1) is 0 Å². The number of Topliss-reactive ketones (excluding diaryl/α,β-unsaturated/α-hetero) is 1. The summed E-state index contributed by atoms with van der Waals surface area (Å²) in [7, 11) is 0. The first-order valence-electron chi connectivity index (χ1n) is 6.21. The summed E-state index contributed by atoms with van der Waals surface area (Å²) in [5.74, 6) is -1.13. The molecule has 3 nitrogen and oxygen atoms in total. The molecule has 1 N–H and O–H groups in total. The molecule has 0 saturated heterocycles. The molecule has 0 spiro atoms. The lowest BCUT2D eigenvalue weighted by molar-refractivity contribution is -0.112. The van der Waals surface area contributed by atoms with E-state index in [0.717, 1.165) is 12.0 Å². The Morgan fingerprint density at radius 2 is 1.58 bits per heavy atom. The van der Waals surface area contributed by atoms with Gasteiger partial charge in [0.25, 0.3) is 11.7 Å². The number of nitrogens with one attached hydrogen (secondary N) is 1. The van der Waals surface area contributed by atoms with Crippen molar-refractivity contribution in [1.29, 1.82) is 0 Å². The summed E-state index contributed by atoms with van der Waals surface area (Å²) in [6, 6.07) is 16.0. The maximum absolute atomic E-state index is 11.9. The van der Waals surface area contributed by atoms with Crippen molar-refractivity contribution in [2.75, 3.05) is 5.32 Å². The molecule has 96 valence electrons. The summed E-state index contributed by atoms with van der Waals surface area (Å²) in [5.41, 5.74) is 2.10. The molecule has 0 heterocycles. The second kappa shape index (κ2) is 5.96. The maximum atomic E-state index is 11.9. The molecular formula is C16H15NO2. The van der Waals surface area contributed by atoms with Gasteiger partial charge < -0.3 is 5.32 Å². The summed E-state index contributed by atoms with van der Waals surface area (Å²) >= 11 is 0. The number of hydrogen-bond donors (Lipinski definition) is 1. The maximum Gasteiger partial charge on any atom is 0.296 e. The topological polar surface area (TPSA) is 46.2 Å². The van der Waals surface area contributed by atoms with Crippen LogP contribution in [0.2, 0.25) is 0 Å². The Balaban J connectivity index is 2.16. The van der Waals surface area contributed by atoms with E-state index in [1.54, 1.807) is 36.4 Å². The first-order valence-corrected chi connectivity index (χ1v) is 6.21. The van der Waals surface area contributed by atoms with Gasteiger partial charge in [-0.15, -0.1) is 0 Å². The fourth-order valence-corrected chi connectivity index (χ4v) is 1.85. The highest BCUT2D eigenvalue weighted by Gasteiger charge is 2.16. The van der Waals surface area contributed by atoms with Crippen molar-refractivity contribution in [3.05, 3.63) is 65.7 Å². The quantitative estimate of drug-likeness (QED) is 0.672. The van der Waals surface area contributed by atoms with Gasteiger partial charge in [-0.2, -0.15) is 0 Å². The van der Waals surface area contributed by atoms with Crippen LogP contribution in [0.3, 0.4) is 0 Å². The molecule has 0 aliphatic rings. The minimum atomic E-state index is -0.605. The number of aryl methyl sites for hydroxylation is 1. The van der Waals surface area contributed by atoms with E-state index in [2.05, 4.69) is 5.32 Å². The van der Waals surface area contributed by atoms with Crippen LogP contribution in [0.1, 0.15) is 22.8 Å². The van der Waals surface area contributed by atoms with Crippen LogP contribution in [0.15, 0.2) is 54.6 Å². The number of benzene rings is 2. The van der Waals surface area contributed by atoms with Gasteiger partial charge in [-0.1, -0.05) is 55.5 Å². The minimum absolute atomic E-state index is 0.397. The average molecular weight is 253 g/mol. The van der Waals surface area contributed by atoms with Crippen LogP contribution in [0.5, 0.6) is 0 Å². The minimum Gasteiger partial charge on any atom is -0.319 e. The monoisotopic (exact) mass is 253 g/mol. The Morgan fingerprint density at radius 3 is 2.26 bits per heavy atom. The molecule has 2 aromatic carbocycles. The van der Waals surface area contributed by atoms with E-state index >= 15 is 0 Å². The van der Waals surface area contributed by atoms with Crippen molar-refractivity contribution in [1.82, 2.24) is 0 Å². The molecule has 0 aromatic heterocycles. The number of carbonyl (C=O) groups is 2. The Labute approximate surface area is 112 Å². The van der Waals surface area contributed by atoms with E-state index in [1.807, 2.05) is 25.1 Å². The highest BCUT2D eigenvalue weighted by molar-refractivity contribution is 6.46. The number of carbonyl (C=O) groups excluding carboxylic acids is 2. The molecule has 0 radical (unpaired) electrons. The van der Waals surface area contributed by atoms with Gasteiger partial charge in [-0.3, -0.25) is 9.59 Å². The Kier molecular flexibility index (Phi) is 4.08. The summed E-state index contributed by atoms with van der Waals surface area (Å²) in [6.07, 6.45) is 0.802. The van der Waals surface area contributed by atoms with E-state index in [-0.39, 0.29) is 0 Å². The standard InChI is InChI=1S/C16H15NO2/c1-2-12-8-6-7-11-14(12)17-16(19)15(18)13-9-4-3-5-10-13/h3-11H,2H2,1H3,(H,17,19). The van der Waals surface area contributed by atoms with Crippen LogP contribution in [-0.2, 0) is 11.2 Å². The van der Waals surface area contributed by atoms with Gasteiger partial charge in [0.05, 0.1) is 0 Å². The van der Waals surface area contributed by atoms with E-state index in [4.69, 9.17) is 0 Å². The largest absolute Gasteiger partial charge is 0.319 e. The van der Waals surface area contributed by atoms with Gasteiger partial charge in [-0.05, 0) is 18.1 Å². The van der Waals surface area contributed by atoms with E-state index in [1.165, 1.54) is 0 Å². The molecule has 0 aliphatic carbocycles. The van der Waals surface area contributed by atoms with Gasteiger partial charge in [0.2, 0.25) is 0 Å². The number of rotatable bonds is 4. The van der Waals surface area contributed by atoms with Crippen molar-refractivity contribution in [2.24, 2.45) is 0 Å². The molecule has 0 saturated carbocycles. The number of anilines is 1. The Morgan fingerprint density at radius 1 is 0.947 bits per heavy atom. The fraction of sp³-hybridized carbons (Fsp3) is 0.125. The molecule has 2 rings (SSSR count). The second-order valence-electron chi connectivity index (χ2n) is 4.16. The zero-order chi connectivity index (χ0) is 13.7. The third kappa shape index (κ3) is 3.07. The summed E-state index contributed by atoms with van der Waals surface area (Å²) in [6.45, 7) is 2.00. The van der Waals surface area contributed by atoms with Gasteiger partial charge in [0, 0.05) is 11.3 Å². The number of hydrogen-bond acceptors (Lipinski definition) is 2. The van der Waals surface area contributed by atoms with Crippen molar-refractivity contribution in [3.63, 3.8) is 0 Å². The van der Waals surface area contributed by atoms with Gasteiger partial charge in [0.15, 0.2) is 0 Å². The van der Waals surface area contributed by atoms with Gasteiger partial charge in [-0.25, -0.2) is 0 Å². The van der Waals surface area contributed by atoms with Crippen molar-refractivity contribution in [2.45, 2.75) is 13.3 Å². The molecule has 0 unspecified atom stereocenters. The van der Waals surface area contributed by atoms with Crippen molar-refractivity contribution >= 4 is 17.4 Å².